The van der Waals surface area contributed by atoms with E-state index in [4.69, 9.17) is 0 Å². The van der Waals surface area contributed by atoms with Crippen molar-refractivity contribution in [1.82, 2.24) is 9.78 Å². The number of hydrogen-bond donors (Lipinski definition) is 1. The van der Waals surface area contributed by atoms with E-state index in [1.807, 2.05) is 29.1 Å². The number of hydrogen-bond acceptors (Lipinski definition) is 3. The molecule has 1 aromatic heterocycles. The highest BCUT2D eigenvalue weighted by Crippen LogP contribution is 2.65. The molecule has 2 aromatic rings. The van der Waals surface area contributed by atoms with Gasteiger partial charge >= 0.3 is 0 Å². The van der Waals surface area contributed by atoms with Crippen LogP contribution in [0.5, 0.6) is 0 Å². The van der Waals surface area contributed by atoms with Crippen LogP contribution in [0.2, 0.25) is 0 Å². The Balaban J connectivity index is 1.18. The van der Waals surface area contributed by atoms with Gasteiger partial charge in [0.05, 0.1) is 11.7 Å². The molecule has 0 amide bonds. The summed E-state index contributed by atoms with van der Waals surface area (Å²) in [6.07, 6.45) is 6.58. The summed E-state index contributed by atoms with van der Waals surface area (Å²) < 4.78 is 29.8. The second kappa shape index (κ2) is 8.61. The molecule has 4 nitrogen and oxygen atoms in total. The van der Waals surface area contributed by atoms with E-state index in [2.05, 4.69) is 28.0 Å². The van der Waals surface area contributed by atoms with Crippen LogP contribution >= 0.6 is 15.9 Å². The standard InChI is InChI=1S/C28H35BrF2N2O2/c1-27-10-8-20-19-9-11-28(35,26(30)31)13-16(19)3-5-21(20)22(27)6-7-23(27)25(34)15-33-24-12-18(29)4-2-17(24)14-32-33/h2,4,12,14,16,19-23,26,35H,3,5-11,13,15H2,1H3/t16-,19+,20-,21-,22+,23-,27+,28-/m1/s1. The molecular formula is C28H35BrF2N2O2. The van der Waals surface area contributed by atoms with Crippen molar-refractivity contribution in [3.05, 3.63) is 28.9 Å². The number of fused-ring (bicyclic) bond motifs is 6. The monoisotopic (exact) mass is 548 g/mol. The first-order valence-electron chi connectivity index (χ1n) is 13.3. The molecule has 4 aliphatic carbocycles. The van der Waals surface area contributed by atoms with Crippen LogP contribution in [0.25, 0.3) is 10.9 Å². The van der Waals surface area contributed by atoms with Crippen LogP contribution in [0.4, 0.5) is 8.78 Å². The number of alkyl halides is 2. The van der Waals surface area contributed by atoms with Gasteiger partial charge in [0.15, 0.2) is 5.78 Å². The molecule has 190 valence electrons. The Morgan fingerprint density at radius 2 is 1.94 bits per heavy atom. The molecule has 4 fully saturated rings. The van der Waals surface area contributed by atoms with Gasteiger partial charge in [0.2, 0.25) is 0 Å². The first-order valence-corrected chi connectivity index (χ1v) is 14.1. The summed E-state index contributed by atoms with van der Waals surface area (Å²) in [6, 6.07) is 6.04. The van der Waals surface area contributed by atoms with Gasteiger partial charge < -0.3 is 5.11 Å². The van der Waals surface area contributed by atoms with Crippen LogP contribution in [0, 0.1) is 40.9 Å². The van der Waals surface area contributed by atoms with Gasteiger partial charge in [0.1, 0.15) is 12.1 Å². The van der Waals surface area contributed by atoms with Crippen molar-refractivity contribution in [3.8, 4) is 0 Å². The van der Waals surface area contributed by atoms with Gasteiger partial charge in [-0.25, -0.2) is 8.78 Å². The number of halogens is 3. The fourth-order valence-electron chi connectivity index (χ4n) is 9.06. The van der Waals surface area contributed by atoms with Crippen molar-refractivity contribution in [2.45, 2.75) is 83.3 Å². The van der Waals surface area contributed by atoms with E-state index < -0.39 is 12.0 Å². The second-order valence-electron chi connectivity index (χ2n) is 12.2. The Bertz CT molecular complexity index is 1140. The molecule has 7 heteroatoms. The van der Waals surface area contributed by atoms with E-state index in [1.54, 1.807) is 0 Å². The van der Waals surface area contributed by atoms with Gasteiger partial charge in [0.25, 0.3) is 6.43 Å². The fourth-order valence-corrected chi connectivity index (χ4v) is 9.41. The predicted molar refractivity (Wildman–Crippen MR) is 134 cm³/mol. The van der Waals surface area contributed by atoms with Gasteiger partial charge in [-0.2, -0.15) is 5.10 Å². The molecule has 1 aromatic carbocycles. The summed E-state index contributed by atoms with van der Waals surface area (Å²) in [7, 11) is 0. The van der Waals surface area contributed by atoms with Crippen LogP contribution in [-0.2, 0) is 11.3 Å². The maximum absolute atomic E-state index is 13.7. The lowest BCUT2D eigenvalue weighted by atomic mass is 9.49. The first kappa shape index (κ1) is 24.0. The zero-order chi connectivity index (χ0) is 24.5. The van der Waals surface area contributed by atoms with Crippen molar-refractivity contribution < 1.29 is 18.7 Å². The minimum Gasteiger partial charge on any atom is -0.384 e. The molecule has 8 atom stereocenters. The van der Waals surface area contributed by atoms with Crippen LogP contribution < -0.4 is 0 Å². The molecule has 0 radical (unpaired) electrons. The molecule has 0 aliphatic heterocycles. The molecule has 1 N–H and O–H groups in total. The average molecular weight is 550 g/mol. The van der Waals surface area contributed by atoms with Crippen LogP contribution in [0.3, 0.4) is 0 Å². The number of aromatic nitrogens is 2. The number of aliphatic hydroxyl groups is 1. The highest BCUT2D eigenvalue weighted by atomic mass is 79.9. The summed E-state index contributed by atoms with van der Waals surface area (Å²) in [5, 5.41) is 16.0. The van der Waals surface area contributed by atoms with Crippen molar-refractivity contribution in [1.29, 1.82) is 0 Å². The summed E-state index contributed by atoms with van der Waals surface area (Å²) in [6.45, 7) is 2.67. The number of ketones is 1. The molecule has 0 saturated heterocycles. The maximum atomic E-state index is 13.7. The van der Waals surface area contributed by atoms with Crippen LogP contribution in [0.1, 0.15) is 64.7 Å². The smallest absolute Gasteiger partial charge is 0.266 e. The highest BCUT2D eigenvalue weighted by molar-refractivity contribution is 9.10. The van der Waals surface area contributed by atoms with Gasteiger partial charge in [0, 0.05) is 15.8 Å². The van der Waals surface area contributed by atoms with Gasteiger partial charge in [-0.15, -0.1) is 0 Å². The summed E-state index contributed by atoms with van der Waals surface area (Å²) >= 11 is 3.53. The van der Waals surface area contributed by atoms with E-state index in [9.17, 15) is 18.7 Å². The SMILES string of the molecule is C[C@]12CC[C@H]3[C@@H](CC[C@@H]4C[C@@](O)(C(F)F)CC[C@@H]43)[C@@H]1CC[C@@H]2C(=O)Cn1ncc2ccc(Br)cc21. The number of carbonyl (C=O) groups excluding carboxylic acids is 1. The maximum Gasteiger partial charge on any atom is 0.266 e. The van der Waals surface area contributed by atoms with E-state index in [-0.39, 0.29) is 30.1 Å². The third-order valence-electron chi connectivity index (χ3n) is 10.8. The number of Topliss-reactive ketones (excluding diaryl/α,β-unsaturated/α-hetero) is 1. The molecule has 0 spiro atoms. The Morgan fingerprint density at radius 1 is 1.14 bits per heavy atom. The van der Waals surface area contributed by atoms with Crippen LogP contribution in [0.15, 0.2) is 28.9 Å². The predicted octanol–water partition coefficient (Wildman–Crippen LogP) is 6.63. The zero-order valence-corrected chi connectivity index (χ0v) is 21.9. The summed E-state index contributed by atoms with van der Waals surface area (Å²) in [5.41, 5.74) is -0.781. The topological polar surface area (TPSA) is 55.1 Å². The first-order chi connectivity index (χ1) is 16.7. The van der Waals surface area contributed by atoms with Gasteiger partial charge in [-0.3, -0.25) is 9.48 Å². The van der Waals surface area contributed by atoms with Crippen molar-refractivity contribution in [2.75, 3.05) is 0 Å². The third-order valence-corrected chi connectivity index (χ3v) is 11.2. The molecule has 4 aliphatic rings. The Labute approximate surface area is 214 Å². The van der Waals surface area contributed by atoms with E-state index in [1.165, 1.54) is 0 Å². The Hall–Kier alpha value is -1.34. The third kappa shape index (κ3) is 3.82. The van der Waals surface area contributed by atoms with E-state index >= 15 is 0 Å². The zero-order valence-electron chi connectivity index (χ0n) is 20.3. The summed E-state index contributed by atoms with van der Waals surface area (Å²) in [4.78, 5) is 13.7. The molecule has 4 saturated carbocycles. The van der Waals surface area contributed by atoms with Crippen LogP contribution in [-0.4, -0.2) is 32.7 Å². The lowest BCUT2D eigenvalue weighted by Crippen LogP contribution is -2.53. The van der Waals surface area contributed by atoms with Gasteiger partial charge in [-0.05, 0) is 105 Å². The molecular weight excluding hydrogens is 514 g/mol. The number of benzene rings is 1. The Morgan fingerprint density at radius 3 is 2.74 bits per heavy atom. The Kier molecular flexibility index (Phi) is 5.91. The minimum absolute atomic E-state index is 0.0208. The second-order valence-corrected chi connectivity index (χ2v) is 13.1. The molecule has 0 bridgehead atoms. The molecule has 6 rings (SSSR count). The number of rotatable bonds is 4. The molecule has 1 heterocycles. The average Bonchev–Trinajstić information content (AvgIpc) is 3.38. The minimum atomic E-state index is -2.65. The van der Waals surface area contributed by atoms with E-state index in [0.717, 1.165) is 60.3 Å². The molecule has 0 unspecified atom stereocenters. The number of nitrogens with zero attached hydrogens (tertiary/aromatic N) is 2. The van der Waals surface area contributed by atoms with Gasteiger partial charge in [-0.1, -0.05) is 28.9 Å². The molecule has 35 heavy (non-hydrogen) atoms. The lowest BCUT2D eigenvalue weighted by molar-refractivity contribution is -0.160. The fraction of sp³-hybridized carbons (Fsp3) is 0.714. The van der Waals surface area contributed by atoms with Crippen molar-refractivity contribution >= 4 is 32.6 Å². The lowest BCUT2D eigenvalue weighted by Gasteiger charge is -2.57. The number of carbonyl (C=O) groups is 1. The quantitative estimate of drug-likeness (QED) is 0.466. The highest BCUT2D eigenvalue weighted by Gasteiger charge is 2.59. The normalized spacial score (nSPS) is 41.0. The van der Waals surface area contributed by atoms with Crippen molar-refractivity contribution in [2.24, 2.45) is 40.9 Å². The van der Waals surface area contributed by atoms with Crippen molar-refractivity contribution in [3.63, 3.8) is 0 Å². The largest absolute Gasteiger partial charge is 0.384 e. The van der Waals surface area contributed by atoms with E-state index in [0.29, 0.717) is 36.0 Å². The summed E-state index contributed by atoms with van der Waals surface area (Å²) in [5.74, 6) is 2.73.